The molecule has 4 rings (SSSR count). The Bertz CT molecular complexity index is 1130. The van der Waals surface area contributed by atoms with E-state index >= 15 is 0 Å². The zero-order valence-corrected chi connectivity index (χ0v) is 19.0. The molecule has 0 unspecified atom stereocenters. The number of rotatable bonds is 5. The molecule has 2 aromatic carbocycles. The molecule has 1 aliphatic heterocycles. The predicted octanol–water partition coefficient (Wildman–Crippen LogP) is 4.70. The maximum Gasteiger partial charge on any atom is 0.255 e. The minimum atomic E-state index is -0.419. The smallest absolute Gasteiger partial charge is 0.255 e. The minimum absolute atomic E-state index is 0.232. The van der Waals surface area contributed by atoms with Crippen LogP contribution in [0.25, 0.3) is 0 Å². The van der Waals surface area contributed by atoms with Crippen molar-refractivity contribution < 1.29 is 9.53 Å². The predicted molar refractivity (Wildman–Crippen MR) is 122 cm³/mol. The van der Waals surface area contributed by atoms with Gasteiger partial charge in [0.2, 0.25) is 11.1 Å². The molecule has 0 saturated carbocycles. The lowest BCUT2D eigenvalue weighted by molar-refractivity contribution is -0.113. The summed E-state index contributed by atoms with van der Waals surface area (Å²) in [4.78, 5) is 18.0. The van der Waals surface area contributed by atoms with Gasteiger partial charge in [-0.3, -0.25) is 4.79 Å². The van der Waals surface area contributed by atoms with Crippen molar-refractivity contribution in [2.75, 3.05) is 24.0 Å². The Morgan fingerprint density at radius 2 is 1.97 bits per heavy atom. The van der Waals surface area contributed by atoms with Gasteiger partial charge in [0.05, 0.1) is 18.4 Å². The summed E-state index contributed by atoms with van der Waals surface area (Å²) in [6.07, 6.45) is 1.92. The van der Waals surface area contributed by atoms with E-state index in [2.05, 4.69) is 36.6 Å². The van der Waals surface area contributed by atoms with E-state index in [1.807, 2.05) is 61.7 Å². The van der Waals surface area contributed by atoms with Crippen LogP contribution in [0.15, 0.2) is 69.4 Å². The van der Waals surface area contributed by atoms with Crippen molar-refractivity contribution in [3.05, 3.63) is 69.8 Å². The Hall–Kier alpha value is -2.78. The molecule has 0 fully saturated rings. The molecule has 0 saturated heterocycles. The zero-order valence-electron chi connectivity index (χ0n) is 16.6. The van der Waals surface area contributed by atoms with Gasteiger partial charge in [-0.15, -0.1) is 5.10 Å². The van der Waals surface area contributed by atoms with Crippen LogP contribution in [0.1, 0.15) is 18.5 Å². The number of nitrogens with zero attached hydrogens (tertiary/aromatic N) is 3. The van der Waals surface area contributed by atoms with Crippen LogP contribution >= 0.6 is 27.7 Å². The van der Waals surface area contributed by atoms with Crippen LogP contribution in [0.5, 0.6) is 5.75 Å². The van der Waals surface area contributed by atoms with E-state index in [4.69, 9.17) is 4.74 Å². The summed E-state index contributed by atoms with van der Waals surface area (Å²) in [6, 6.07) is 14.8. The van der Waals surface area contributed by atoms with Crippen molar-refractivity contribution in [2.24, 2.45) is 0 Å². The van der Waals surface area contributed by atoms with Crippen LogP contribution in [-0.2, 0) is 4.79 Å². The van der Waals surface area contributed by atoms with E-state index in [0.717, 1.165) is 15.7 Å². The Labute approximate surface area is 187 Å². The van der Waals surface area contributed by atoms with Gasteiger partial charge in [-0.25, -0.2) is 4.68 Å². The number of fused-ring (bicyclic) bond motifs is 1. The highest BCUT2D eigenvalue weighted by atomic mass is 79.9. The van der Waals surface area contributed by atoms with Gasteiger partial charge >= 0.3 is 0 Å². The molecule has 0 spiro atoms. The van der Waals surface area contributed by atoms with Crippen LogP contribution in [0.4, 0.5) is 11.6 Å². The number of aromatic nitrogens is 3. The molecular weight excluding hydrogens is 466 g/mol. The van der Waals surface area contributed by atoms with E-state index in [1.165, 1.54) is 11.8 Å². The summed E-state index contributed by atoms with van der Waals surface area (Å²) in [6.45, 7) is 1.87. The Kier molecular flexibility index (Phi) is 5.83. The number of methoxy groups -OCH3 is 1. The quantitative estimate of drug-likeness (QED) is 0.509. The third-order valence-corrected chi connectivity index (χ3v) is 5.87. The highest BCUT2D eigenvalue weighted by Gasteiger charge is 2.34. The lowest BCUT2D eigenvalue weighted by Crippen LogP contribution is -2.31. The standard InChI is InChI=1S/C21H20BrN5O2S/c1-12-17(19(28)24-15-6-4-5-7-16(15)29-2)18(13-8-10-14(22)11-9-13)27-20(23-12)25-21(26-27)30-3/h4-11,18H,1-3H3,(H,24,28)(H,23,25,26)/t18-/m1/s1. The van der Waals surface area contributed by atoms with Crippen molar-refractivity contribution in [1.29, 1.82) is 0 Å². The molecular formula is C21H20BrN5O2S. The number of carbonyl (C=O) groups is 1. The molecule has 9 heteroatoms. The number of anilines is 2. The first-order valence-electron chi connectivity index (χ1n) is 9.20. The zero-order chi connectivity index (χ0) is 21.3. The molecule has 1 aromatic heterocycles. The van der Waals surface area contributed by atoms with Crippen LogP contribution < -0.4 is 15.4 Å². The van der Waals surface area contributed by atoms with E-state index < -0.39 is 6.04 Å². The fraction of sp³-hybridized carbons (Fsp3) is 0.190. The highest BCUT2D eigenvalue weighted by Crippen LogP contribution is 2.37. The van der Waals surface area contributed by atoms with Crippen molar-refractivity contribution >= 4 is 45.2 Å². The second kappa shape index (κ2) is 8.53. The van der Waals surface area contributed by atoms with Crippen molar-refractivity contribution in [2.45, 2.75) is 18.1 Å². The van der Waals surface area contributed by atoms with Crippen LogP contribution in [0.3, 0.4) is 0 Å². The Morgan fingerprint density at radius 3 is 2.67 bits per heavy atom. The van der Waals surface area contributed by atoms with Crippen molar-refractivity contribution in [3.8, 4) is 5.75 Å². The highest BCUT2D eigenvalue weighted by molar-refractivity contribution is 9.10. The number of para-hydroxylation sites is 2. The summed E-state index contributed by atoms with van der Waals surface area (Å²) < 4.78 is 8.10. The number of nitrogens with one attached hydrogen (secondary N) is 2. The lowest BCUT2D eigenvalue weighted by atomic mass is 9.95. The number of ether oxygens (including phenoxy) is 1. The summed E-state index contributed by atoms with van der Waals surface area (Å²) in [5, 5.41) is 11.5. The molecule has 1 amide bonds. The second-order valence-electron chi connectivity index (χ2n) is 6.64. The number of carbonyl (C=O) groups excluding carboxylic acids is 1. The van der Waals surface area contributed by atoms with Gasteiger partial charge < -0.3 is 15.4 Å². The number of thioether (sulfide) groups is 1. The summed E-state index contributed by atoms with van der Waals surface area (Å²) in [5.41, 5.74) is 2.83. The number of hydrogen-bond acceptors (Lipinski definition) is 6. The summed E-state index contributed by atoms with van der Waals surface area (Å²) >= 11 is 4.93. The monoisotopic (exact) mass is 485 g/mol. The Morgan fingerprint density at radius 1 is 1.23 bits per heavy atom. The first-order valence-corrected chi connectivity index (χ1v) is 11.2. The van der Waals surface area contributed by atoms with Crippen LogP contribution in [0.2, 0.25) is 0 Å². The number of hydrogen-bond donors (Lipinski definition) is 2. The SMILES string of the molecule is COc1ccccc1NC(=O)C1=C(C)Nc2nc(SC)nn2[C@@H]1c1ccc(Br)cc1. The number of amides is 1. The van der Waals surface area contributed by atoms with E-state index in [-0.39, 0.29) is 5.91 Å². The third-order valence-electron chi connectivity index (χ3n) is 4.80. The van der Waals surface area contributed by atoms with Gasteiger partial charge in [0.1, 0.15) is 11.8 Å². The fourth-order valence-corrected chi connectivity index (χ4v) is 4.01. The fourth-order valence-electron chi connectivity index (χ4n) is 3.40. The molecule has 3 aromatic rings. The number of halogens is 1. The topological polar surface area (TPSA) is 81.1 Å². The first-order chi connectivity index (χ1) is 14.5. The average molecular weight is 486 g/mol. The summed E-state index contributed by atoms with van der Waals surface area (Å²) in [5.74, 6) is 0.974. The number of benzene rings is 2. The molecule has 7 nitrogen and oxygen atoms in total. The number of allylic oxidation sites excluding steroid dienone is 1. The Balaban J connectivity index is 1.79. The lowest BCUT2D eigenvalue weighted by Gasteiger charge is -2.28. The van der Waals surface area contributed by atoms with Crippen LogP contribution in [-0.4, -0.2) is 34.0 Å². The normalized spacial score (nSPS) is 15.4. The molecule has 0 bridgehead atoms. The average Bonchev–Trinajstić information content (AvgIpc) is 3.16. The maximum atomic E-state index is 13.4. The largest absolute Gasteiger partial charge is 0.495 e. The van der Waals surface area contributed by atoms with Crippen molar-refractivity contribution in [3.63, 3.8) is 0 Å². The third kappa shape index (κ3) is 3.82. The van der Waals surface area contributed by atoms with Crippen molar-refractivity contribution in [1.82, 2.24) is 14.8 Å². The van der Waals surface area contributed by atoms with Gasteiger partial charge in [-0.05, 0) is 43.0 Å². The second-order valence-corrected chi connectivity index (χ2v) is 8.33. The molecule has 0 aliphatic carbocycles. The first kappa shape index (κ1) is 20.5. The molecule has 154 valence electrons. The van der Waals surface area contributed by atoms with Gasteiger partial charge in [-0.2, -0.15) is 4.98 Å². The van der Waals surface area contributed by atoms with Gasteiger partial charge in [0.15, 0.2) is 0 Å². The van der Waals surface area contributed by atoms with Crippen LogP contribution in [0, 0.1) is 0 Å². The molecule has 1 aliphatic rings. The molecule has 1 atom stereocenters. The van der Waals surface area contributed by atoms with E-state index in [9.17, 15) is 4.79 Å². The minimum Gasteiger partial charge on any atom is -0.495 e. The maximum absolute atomic E-state index is 13.4. The summed E-state index contributed by atoms with van der Waals surface area (Å²) in [7, 11) is 1.58. The van der Waals surface area contributed by atoms with Gasteiger partial charge in [0.25, 0.3) is 5.91 Å². The molecule has 0 radical (unpaired) electrons. The van der Waals surface area contributed by atoms with E-state index in [1.54, 1.807) is 11.8 Å². The molecule has 2 N–H and O–H groups in total. The van der Waals surface area contributed by atoms with Gasteiger partial charge in [-0.1, -0.05) is 52.0 Å². The van der Waals surface area contributed by atoms with Gasteiger partial charge in [0, 0.05) is 10.2 Å². The van der Waals surface area contributed by atoms with E-state index in [0.29, 0.717) is 28.1 Å². The molecule has 30 heavy (non-hydrogen) atoms. The molecule has 2 heterocycles.